The molecule has 30 heavy (non-hydrogen) atoms. The highest BCUT2D eigenvalue weighted by molar-refractivity contribution is 14.0. The van der Waals surface area contributed by atoms with E-state index >= 15 is 0 Å². The molecule has 0 spiro atoms. The van der Waals surface area contributed by atoms with E-state index in [0.29, 0.717) is 12.1 Å². The molecule has 0 aromatic carbocycles. The molecule has 0 aliphatic carbocycles. The van der Waals surface area contributed by atoms with Crippen LogP contribution in [0, 0.1) is 0 Å². The Morgan fingerprint density at radius 3 is 2.37 bits per heavy atom. The first kappa shape index (κ1) is 25.5. The second-order valence-electron chi connectivity index (χ2n) is 9.82. The molecule has 8 heteroatoms. The molecule has 0 radical (unpaired) electrons. The van der Waals surface area contributed by atoms with Crippen LogP contribution in [-0.4, -0.2) is 78.3 Å². The van der Waals surface area contributed by atoms with Crippen molar-refractivity contribution in [1.29, 1.82) is 0 Å². The summed E-state index contributed by atoms with van der Waals surface area (Å²) in [5.41, 5.74) is -0.441. The minimum Gasteiger partial charge on any atom is -0.444 e. The fraction of sp³-hybridized carbons (Fsp3) is 0.909. The van der Waals surface area contributed by atoms with Gasteiger partial charge in [0.2, 0.25) is 0 Å². The SMILES string of the molecule is CCN1CCCCC1CNC(=NC)NC1CC2CCC(C1)N2C(=O)OC(C)(C)C.I. The molecule has 2 N–H and O–H groups in total. The first-order valence-corrected chi connectivity index (χ1v) is 11.5. The number of hydrogen-bond acceptors (Lipinski definition) is 4. The normalized spacial score (nSPS) is 29.9. The Bertz CT molecular complexity index is 581. The fourth-order valence-corrected chi connectivity index (χ4v) is 5.22. The zero-order valence-corrected chi connectivity index (χ0v) is 21.8. The van der Waals surface area contributed by atoms with Crippen LogP contribution >= 0.6 is 24.0 Å². The Hall–Kier alpha value is -0.770. The molecule has 3 heterocycles. The van der Waals surface area contributed by atoms with Crippen molar-refractivity contribution in [3.05, 3.63) is 0 Å². The molecule has 3 atom stereocenters. The number of ether oxygens (including phenoxy) is 1. The third-order valence-corrected chi connectivity index (χ3v) is 6.56. The number of guanidine groups is 1. The Kier molecular flexibility index (Phi) is 9.52. The number of halogens is 1. The number of piperidine rings is 2. The van der Waals surface area contributed by atoms with Crippen molar-refractivity contribution in [2.45, 2.75) is 102 Å². The van der Waals surface area contributed by atoms with E-state index in [2.05, 4.69) is 27.4 Å². The largest absolute Gasteiger partial charge is 0.444 e. The van der Waals surface area contributed by atoms with Gasteiger partial charge in [0.25, 0.3) is 0 Å². The molecule has 0 aromatic heterocycles. The number of amides is 1. The molecule has 3 aliphatic heterocycles. The van der Waals surface area contributed by atoms with Crippen LogP contribution in [-0.2, 0) is 4.74 Å². The quantitative estimate of drug-likeness (QED) is 0.327. The van der Waals surface area contributed by atoms with Gasteiger partial charge in [-0.1, -0.05) is 13.3 Å². The number of nitrogens with one attached hydrogen (secondary N) is 2. The third kappa shape index (κ3) is 6.61. The Morgan fingerprint density at radius 2 is 1.80 bits per heavy atom. The maximum atomic E-state index is 12.6. The maximum Gasteiger partial charge on any atom is 0.410 e. The lowest BCUT2D eigenvalue weighted by Gasteiger charge is -2.40. The predicted molar refractivity (Wildman–Crippen MR) is 133 cm³/mol. The summed E-state index contributed by atoms with van der Waals surface area (Å²) < 4.78 is 5.65. The number of aliphatic imine (C=N–C) groups is 1. The lowest BCUT2D eigenvalue weighted by Crippen LogP contribution is -2.56. The second-order valence-corrected chi connectivity index (χ2v) is 9.82. The number of fused-ring (bicyclic) bond motifs is 2. The minimum absolute atomic E-state index is 0. The van der Waals surface area contributed by atoms with Gasteiger partial charge >= 0.3 is 6.09 Å². The van der Waals surface area contributed by atoms with Crippen molar-refractivity contribution in [2.24, 2.45) is 4.99 Å². The van der Waals surface area contributed by atoms with Crippen molar-refractivity contribution in [3.8, 4) is 0 Å². The van der Waals surface area contributed by atoms with Gasteiger partial charge in [-0.3, -0.25) is 9.89 Å². The summed E-state index contributed by atoms with van der Waals surface area (Å²) >= 11 is 0. The summed E-state index contributed by atoms with van der Waals surface area (Å²) in [6, 6.07) is 1.49. The zero-order valence-electron chi connectivity index (χ0n) is 19.4. The molecule has 3 saturated heterocycles. The fourth-order valence-electron chi connectivity index (χ4n) is 5.22. The second kappa shape index (κ2) is 11.2. The van der Waals surface area contributed by atoms with E-state index in [1.807, 2.05) is 32.7 Å². The van der Waals surface area contributed by atoms with E-state index in [0.717, 1.165) is 44.7 Å². The van der Waals surface area contributed by atoms with Crippen LogP contribution in [0.25, 0.3) is 0 Å². The van der Waals surface area contributed by atoms with E-state index in [-0.39, 0.29) is 42.2 Å². The van der Waals surface area contributed by atoms with Gasteiger partial charge in [0, 0.05) is 37.8 Å². The van der Waals surface area contributed by atoms with Gasteiger partial charge in [-0.2, -0.15) is 0 Å². The Morgan fingerprint density at radius 1 is 1.13 bits per heavy atom. The predicted octanol–water partition coefficient (Wildman–Crippen LogP) is 3.57. The van der Waals surface area contributed by atoms with E-state index in [1.54, 1.807) is 0 Å². The van der Waals surface area contributed by atoms with Gasteiger partial charge in [0.05, 0.1) is 0 Å². The molecule has 0 aromatic rings. The molecule has 2 bridgehead atoms. The van der Waals surface area contributed by atoms with Crippen LogP contribution in [0.15, 0.2) is 4.99 Å². The monoisotopic (exact) mass is 535 g/mol. The Balaban J connectivity index is 0.00000320. The summed E-state index contributed by atoms with van der Waals surface area (Å²) in [4.78, 5) is 21.7. The van der Waals surface area contributed by atoms with Crippen LogP contribution < -0.4 is 10.6 Å². The zero-order chi connectivity index (χ0) is 21.0. The molecule has 1 amide bonds. The topological polar surface area (TPSA) is 69.2 Å². The molecule has 3 aliphatic rings. The smallest absolute Gasteiger partial charge is 0.410 e. The van der Waals surface area contributed by atoms with Crippen LogP contribution in [0.5, 0.6) is 0 Å². The van der Waals surface area contributed by atoms with Crippen molar-refractivity contribution in [3.63, 3.8) is 0 Å². The van der Waals surface area contributed by atoms with Crippen molar-refractivity contribution >= 4 is 36.0 Å². The van der Waals surface area contributed by atoms with E-state index < -0.39 is 5.60 Å². The van der Waals surface area contributed by atoms with E-state index in [1.165, 1.54) is 25.8 Å². The summed E-state index contributed by atoms with van der Waals surface area (Å²) in [6.07, 6.45) is 7.81. The summed E-state index contributed by atoms with van der Waals surface area (Å²) in [7, 11) is 1.85. The Labute approximate surface area is 199 Å². The summed E-state index contributed by atoms with van der Waals surface area (Å²) in [5, 5.41) is 7.19. The van der Waals surface area contributed by atoms with E-state index in [9.17, 15) is 4.79 Å². The van der Waals surface area contributed by atoms with Gasteiger partial charge in [0.1, 0.15) is 5.60 Å². The minimum atomic E-state index is -0.441. The summed E-state index contributed by atoms with van der Waals surface area (Å²) in [5.74, 6) is 0.891. The van der Waals surface area contributed by atoms with Crippen molar-refractivity contribution < 1.29 is 9.53 Å². The van der Waals surface area contributed by atoms with Crippen LogP contribution in [0.4, 0.5) is 4.79 Å². The number of likely N-dealkylation sites (tertiary alicyclic amines) is 1. The highest BCUT2D eigenvalue weighted by Gasteiger charge is 2.45. The highest BCUT2D eigenvalue weighted by Crippen LogP contribution is 2.36. The first-order chi connectivity index (χ1) is 13.8. The van der Waals surface area contributed by atoms with Crippen LogP contribution in [0.1, 0.15) is 72.6 Å². The van der Waals surface area contributed by atoms with Crippen LogP contribution in [0.2, 0.25) is 0 Å². The summed E-state index contributed by atoms with van der Waals surface area (Å²) in [6.45, 7) is 11.3. The van der Waals surface area contributed by atoms with Gasteiger partial charge < -0.3 is 20.3 Å². The average molecular weight is 536 g/mol. The number of rotatable bonds is 4. The maximum absolute atomic E-state index is 12.6. The van der Waals surface area contributed by atoms with Gasteiger partial charge in [0.15, 0.2) is 5.96 Å². The van der Waals surface area contributed by atoms with E-state index in [4.69, 9.17) is 4.74 Å². The third-order valence-electron chi connectivity index (χ3n) is 6.56. The standard InChI is InChI=1S/C22H41N5O2.HI/c1-6-26-12-8-7-9-19(26)15-24-20(23-5)25-16-13-17-10-11-18(14-16)27(17)21(28)29-22(2,3)4;/h16-19H,6-15H2,1-5H3,(H2,23,24,25);1H. The molecule has 174 valence electrons. The molecular weight excluding hydrogens is 493 g/mol. The van der Waals surface area contributed by atoms with Crippen molar-refractivity contribution in [2.75, 3.05) is 26.7 Å². The number of likely N-dealkylation sites (N-methyl/N-ethyl adjacent to an activating group) is 1. The number of carbonyl (C=O) groups excluding carboxylic acids is 1. The van der Waals surface area contributed by atoms with Crippen molar-refractivity contribution in [1.82, 2.24) is 20.4 Å². The molecule has 3 rings (SSSR count). The number of nitrogens with zero attached hydrogens (tertiary/aromatic N) is 3. The van der Waals surface area contributed by atoms with Crippen LogP contribution in [0.3, 0.4) is 0 Å². The average Bonchev–Trinajstić information content (AvgIpc) is 2.95. The molecular formula is C22H42IN5O2. The molecule has 7 nitrogen and oxygen atoms in total. The lowest BCUT2D eigenvalue weighted by atomic mass is 9.98. The molecule has 3 fully saturated rings. The van der Waals surface area contributed by atoms with Gasteiger partial charge in [-0.05, 0) is 72.4 Å². The number of hydrogen-bond donors (Lipinski definition) is 2. The first-order valence-electron chi connectivity index (χ1n) is 11.5. The van der Waals surface area contributed by atoms with Gasteiger partial charge in [-0.15, -0.1) is 24.0 Å². The lowest BCUT2D eigenvalue weighted by molar-refractivity contribution is 0.00544. The molecule has 3 unspecified atom stereocenters. The van der Waals surface area contributed by atoms with Gasteiger partial charge in [-0.25, -0.2) is 4.79 Å². The number of carbonyl (C=O) groups is 1. The molecule has 0 saturated carbocycles. The highest BCUT2D eigenvalue weighted by atomic mass is 127.